The number of hydrogen-bond donors (Lipinski definition) is 1. The second kappa shape index (κ2) is 29.5. The highest BCUT2D eigenvalue weighted by Crippen LogP contribution is 2.44. The number of amides is 1. The van der Waals surface area contributed by atoms with Crippen molar-refractivity contribution >= 4 is 30.2 Å². The Morgan fingerprint density at radius 2 is 0.955 bits per heavy atom. The summed E-state index contributed by atoms with van der Waals surface area (Å²) in [5.41, 5.74) is 4.91. The molecule has 3 aromatic carbocycles. The maximum Gasteiger partial charge on any atom is 0.407 e. The van der Waals surface area contributed by atoms with Crippen molar-refractivity contribution in [1.29, 1.82) is 0 Å². The molecule has 1 aliphatic carbocycles. The minimum Gasteiger partial charge on any atom is -0.491 e. The third-order valence-corrected chi connectivity index (χ3v) is 9.24. The molecule has 0 spiro atoms. The highest BCUT2D eigenvalue weighted by Gasteiger charge is 2.29. The van der Waals surface area contributed by atoms with Crippen LogP contribution in [-0.2, 0) is 57.0 Å². The molecule has 1 amide bonds. The summed E-state index contributed by atoms with van der Waals surface area (Å²) in [6.07, 6.45) is 5.52. The topological polar surface area (TPSA) is 165 Å². The Hall–Kier alpha value is -5.13. The standard InChI is InChI=1S/C51H69NO14/c1-50(2,3)65-47(53)19-16-39-15-17-40(18-20-48(54)66-51(4,5)6)46(37-39)63-36-35-62-34-33-61-32-31-60-30-29-59-28-27-58-26-25-57-24-23-56-22-21-52-49(55)64-38-45-43-13-9-7-11-41(43)42-12-8-10-14-44(42)45/h7-20,37,45H,21-36,38H2,1-6H3,(H,52,55)/b19-16+,20-18+. The van der Waals surface area contributed by atoms with E-state index in [1.54, 1.807) is 65.8 Å². The normalized spacial score (nSPS) is 12.6. The highest BCUT2D eigenvalue weighted by atomic mass is 16.6. The number of fused-ring (bicyclic) bond motifs is 3. The van der Waals surface area contributed by atoms with Crippen LogP contribution in [0.4, 0.5) is 4.79 Å². The number of benzene rings is 3. The van der Waals surface area contributed by atoms with Crippen molar-refractivity contribution in [3.8, 4) is 16.9 Å². The molecule has 0 saturated carbocycles. The fraction of sp³-hybridized carbons (Fsp3) is 0.510. The molecular weight excluding hydrogens is 851 g/mol. The number of carbonyl (C=O) groups is 3. The first kappa shape index (κ1) is 53.5. The summed E-state index contributed by atoms with van der Waals surface area (Å²) in [6.45, 7) is 17.4. The van der Waals surface area contributed by atoms with E-state index in [2.05, 4.69) is 29.6 Å². The molecule has 3 aromatic rings. The Labute approximate surface area is 389 Å². The Morgan fingerprint density at radius 3 is 1.42 bits per heavy atom. The van der Waals surface area contributed by atoms with E-state index in [0.29, 0.717) is 110 Å². The maximum atomic E-state index is 12.3. The van der Waals surface area contributed by atoms with Gasteiger partial charge in [-0.15, -0.1) is 0 Å². The Bertz CT molecular complexity index is 1920. The largest absolute Gasteiger partial charge is 0.491 e. The summed E-state index contributed by atoms with van der Waals surface area (Å²) < 4.78 is 61.2. The van der Waals surface area contributed by atoms with Crippen LogP contribution in [0.5, 0.6) is 5.75 Å². The predicted molar refractivity (Wildman–Crippen MR) is 250 cm³/mol. The molecule has 362 valence electrons. The lowest BCUT2D eigenvalue weighted by Crippen LogP contribution is -2.29. The Kier molecular flexibility index (Phi) is 23.9. The van der Waals surface area contributed by atoms with E-state index in [9.17, 15) is 14.4 Å². The molecule has 0 atom stereocenters. The molecule has 0 radical (unpaired) electrons. The molecule has 0 unspecified atom stereocenters. The van der Waals surface area contributed by atoms with Crippen LogP contribution in [0.15, 0.2) is 78.9 Å². The van der Waals surface area contributed by atoms with Gasteiger partial charge in [0.25, 0.3) is 0 Å². The first-order chi connectivity index (χ1) is 31.8. The fourth-order valence-electron chi connectivity index (χ4n) is 6.42. The minimum atomic E-state index is -0.614. The highest BCUT2D eigenvalue weighted by molar-refractivity contribution is 5.89. The van der Waals surface area contributed by atoms with Crippen molar-refractivity contribution in [2.75, 3.05) is 112 Å². The summed E-state index contributed by atoms with van der Waals surface area (Å²) in [5.74, 6) is -0.390. The molecule has 66 heavy (non-hydrogen) atoms. The zero-order valence-corrected chi connectivity index (χ0v) is 39.5. The molecule has 0 saturated heterocycles. The van der Waals surface area contributed by atoms with Gasteiger partial charge in [0.2, 0.25) is 0 Å². The zero-order chi connectivity index (χ0) is 47.5. The molecule has 1 aliphatic rings. The van der Waals surface area contributed by atoms with E-state index in [0.717, 1.165) is 5.56 Å². The van der Waals surface area contributed by atoms with Gasteiger partial charge in [0.15, 0.2) is 0 Å². The molecule has 4 rings (SSSR count). The van der Waals surface area contributed by atoms with Crippen LogP contribution in [-0.4, -0.2) is 141 Å². The van der Waals surface area contributed by atoms with Crippen LogP contribution in [0.2, 0.25) is 0 Å². The maximum absolute atomic E-state index is 12.3. The van der Waals surface area contributed by atoms with Gasteiger partial charge in [-0.2, -0.15) is 0 Å². The van der Waals surface area contributed by atoms with E-state index in [4.69, 9.17) is 52.1 Å². The van der Waals surface area contributed by atoms with Crippen molar-refractivity contribution in [2.45, 2.75) is 58.7 Å². The quantitative estimate of drug-likeness (QED) is 0.0293. The van der Waals surface area contributed by atoms with Gasteiger partial charge < -0.3 is 57.4 Å². The van der Waals surface area contributed by atoms with Crippen LogP contribution in [0, 0.1) is 0 Å². The van der Waals surface area contributed by atoms with E-state index in [1.807, 2.05) is 30.3 Å². The van der Waals surface area contributed by atoms with E-state index in [1.165, 1.54) is 34.4 Å². The van der Waals surface area contributed by atoms with Crippen LogP contribution >= 0.6 is 0 Å². The third-order valence-electron chi connectivity index (χ3n) is 9.24. The smallest absolute Gasteiger partial charge is 0.407 e. The number of esters is 2. The van der Waals surface area contributed by atoms with Gasteiger partial charge in [0, 0.05) is 30.2 Å². The van der Waals surface area contributed by atoms with Gasteiger partial charge in [0.1, 0.15) is 30.2 Å². The minimum absolute atomic E-state index is 0.0231. The third kappa shape index (κ3) is 21.9. The van der Waals surface area contributed by atoms with Gasteiger partial charge in [-0.05, 0) is 87.6 Å². The lowest BCUT2D eigenvalue weighted by molar-refractivity contribution is -0.149. The SMILES string of the molecule is CC(C)(C)OC(=O)/C=C/c1ccc(/C=C/C(=O)OC(C)(C)C)c(OCCOCCOCCOCCOCCOCCOCCOCCNC(=O)OCC2c3ccccc3-c3ccccc32)c1. The van der Waals surface area contributed by atoms with Crippen LogP contribution < -0.4 is 10.1 Å². The first-order valence-corrected chi connectivity index (χ1v) is 22.5. The number of carbonyl (C=O) groups excluding carboxylic acids is 3. The summed E-state index contributed by atoms with van der Waals surface area (Å²) in [6, 6.07) is 21.9. The molecular formula is C51H69NO14. The van der Waals surface area contributed by atoms with Gasteiger partial charge in [-0.25, -0.2) is 14.4 Å². The Balaban J connectivity index is 0.913. The number of alkyl carbamates (subject to hydrolysis) is 1. The zero-order valence-electron chi connectivity index (χ0n) is 39.5. The summed E-state index contributed by atoms with van der Waals surface area (Å²) >= 11 is 0. The first-order valence-electron chi connectivity index (χ1n) is 22.5. The molecule has 1 N–H and O–H groups in total. The van der Waals surface area contributed by atoms with Crippen molar-refractivity contribution in [1.82, 2.24) is 5.32 Å². The van der Waals surface area contributed by atoms with Crippen LogP contribution in [0.25, 0.3) is 23.3 Å². The van der Waals surface area contributed by atoms with Gasteiger partial charge in [0.05, 0.1) is 92.5 Å². The van der Waals surface area contributed by atoms with Gasteiger partial charge >= 0.3 is 18.0 Å². The second-order valence-corrected chi connectivity index (χ2v) is 16.9. The predicted octanol–water partition coefficient (Wildman–Crippen LogP) is 7.43. The van der Waals surface area contributed by atoms with Gasteiger partial charge in [-0.1, -0.05) is 60.7 Å². The lowest BCUT2D eigenvalue weighted by atomic mass is 9.98. The molecule has 0 heterocycles. The molecule has 0 bridgehead atoms. The monoisotopic (exact) mass is 919 g/mol. The van der Waals surface area contributed by atoms with Crippen molar-refractivity contribution < 1.29 is 66.5 Å². The average molecular weight is 920 g/mol. The van der Waals surface area contributed by atoms with E-state index < -0.39 is 29.2 Å². The Morgan fingerprint density at radius 1 is 0.530 bits per heavy atom. The average Bonchev–Trinajstić information content (AvgIpc) is 3.59. The number of rotatable bonds is 31. The molecule has 15 nitrogen and oxygen atoms in total. The molecule has 0 aromatic heterocycles. The lowest BCUT2D eigenvalue weighted by Gasteiger charge is -2.18. The fourth-order valence-corrected chi connectivity index (χ4v) is 6.42. The van der Waals surface area contributed by atoms with Crippen molar-refractivity contribution in [3.05, 3.63) is 101 Å². The summed E-state index contributed by atoms with van der Waals surface area (Å²) in [5, 5.41) is 2.74. The van der Waals surface area contributed by atoms with Crippen LogP contribution in [0.1, 0.15) is 69.7 Å². The summed E-state index contributed by atoms with van der Waals surface area (Å²) in [7, 11) is 0. The van der Waals surface area contributed by atoms with E-state index >= 15 is 0 Å². The molecule has 0 fully saturated rings. The molecule has 0 aliphatic heterocycles. The molecule has 15 heteroatoms. The van der Waals surface area contributed by atoms with Crippen LogP contribution in [0.3, 0.4) is 0 Å². The summed E-state index contributed by atoms with van der Waals surface area (Å²) in [4.78, 5) is 36.7. The van der Waals surface area contributed by atoms with Crippen molar-refractivity contribution in [2.24, 2.45) is 0 Å². The number of nitrogens with one attached hydrogen (secondary N) is 1. The van der Waals surface area contributed by atoms with E-state index in [-0.39, 0.29) is 19.1 Å². The van der Waals surface area contributed by atoms with Gasteiger partial charge in [-0.3, -0.25) is 0 Å². The number of hydrogen-bond acceptors (Lipinski definition) is 14. The second-order valence-electron chi connectivity index (χ2n) is 16.9. The van der Waals surface area contributed by atoms with Crippen molar-refractivity contribution in [3.63, 3.8) is 0 Å². The number of ether oxygens (including phenoxy) is 11.